The third-order valence-corrected chi connectivity index (χ3v) is 7.76. The van der Waals surface area contributed by atoms with Gasteiger partial charge in [0, 0.05) is 23.6 Å². The zero-order valence-corrected chi connectivity index (χ0v) is 26.3. The number of nitrogens with one attached hydrogen (secondary N) is 2. The van der Waals surface area contributed by atoms with Gasteiger partial charge in [0.25, 0.3) is 17.6 Å². The maximum Gasteiger partial charge on any atom is 0.299 e. The Morgan fingerprint density at radius 3 is 2.52 bits per heavy atom. The van der Waals surface area contributed by atoms with Gasteiger partial charge in [0.15, 0.2) is 17.3 Å². The molecule has 6 rings (SSSR count). The van der Waals surface area contributed by atoms with Crippen LogP contribution in [0.4, 0.5) is 15.9 Å². The van der Waals surface area contributed by atoms with Gasteiger partial charge in [0.05, 0.1) is 35.5 Å². The van der Waals surface area contributed by atoms with Gasteiger partial charge in [-0.15, -0.1) is 0 Å². The fourth-order valence-corrected chi connectivity index (χ4v) is 5.33. The lowest BCUT2D eigenvalue weighted by Crippen LogP contribution is -2.42. The molecule has 13 heteroatoms. The number of imide groups is 1. The van der Waals surface area contributed by atoms with Crippen LogP contribution in [0.1, 0.15) is 32.7 Å². The van der Waals surface area contributed by atoms with Crippen molar-refractivity contribution in [1.29, 1.82) is 0 Å². The summed E-state index contributed by atoms with van der Waals surface area (Å²) in [6, 6.07) is 20.0. The van der Waals surface area contributed by atoms with Crippen LogP contribution in [0.15, 0.2) is 79.1 Å². The largest absolute Gasteiger partial charge is 0.493 e. The number of carbonyl (C=O) groups is 3. The van der Waals surface area contributed by atoms with Crippen molar-refractivity contribution < 1.29 is 37.7 Å². The Hall–Kier alpha value is -5.59. The smallest absolute Gasteiger partial charge is 0.299 e. The van der Waals surface area contributed by atoms with Gasteiger partial charge in [0.2, 0.25) is 0 Å². The lowest BCUT2D eigenvalue weighted by molar-refractivity contribution is -0.116. The van der Waals surface area contributed by atoms with Crippen LogP contribution >= 0.6 is 11.6 Å². The van der Waals surface area contributed by atoms with Gasteiger partial charge < -0.3 is 24.3 Å². The van der Waals surface area contributed by atoms with Crippen LogP contribution < -0.4 is 24.8 Å². The summed E-state index contributed by atoms with van der Waals surface area (Å²) in [6.45, 7) is 0.949. The van der Waals surface area contributed by atoms with E-state index in [0.717, 1.165) is 5.56 Å². The molecule has 0 fully saturated rings. The Balaban J connectivity index is 1.04. The van der Waals surface area contributed by atoms with Gasteiger partial charge in [-0.3, -0.25) is 19.7 Å². The number of rotatable bonds is 13. The van der Waals surface area contributed by atoms with E-state index in [-0.39, 0.29) is 34.2 Å². The van der Waals surface area contributed by atoms with Gasteiger partial charge >= 0.3 is 0 Å². The van der Waals surface area contributed by atoms with Crippen molar-refractivity contribution in [1.82, 2.24) is 15.3 Å². The van der Waals surface area contributed by atoms with Crippen LogP contribution in [0.3, 0.4) is 0 Å². The summed E-state index contributed by atoms with van der Waals surface area (Å²) in [4.78, 5) is 45.1. The van der Waals surface area contributed by atoms with Crippen molar-refractivity contribution in [2.75, 3.05) is 32.2 Å². The summed E-state index contributed by atoms with van der Waals surface area (Å²) in [6.07, 6.45) is 2.63. The number of methoxy groups -OCH3 is 1. The van der Waals surface area contributed by atoms with E-state index < -0.39 is 23.4 Å². The molecule has 2 heterocycles. The number of aromatic nitrogens is 2. The first kappa shape index (κ1) is 32.4. The Kier molecular flexibility index (Phi) is 9.74. The summed E-state index contributed by atoms with van der Waals surface area (Å²) in [5.41, 5.74) is 1.65. The second kappa shape index (κ2) is 14.4. The summed E-state index contributed by atoms with van der Waals surface area (Å²) < 4.78 is 37.9. The molecule has 0 aliphatic carbocycles. The molecule has 2 N–H and O–H groups in total. The van der Waals surface area contributed by atoms with E-state index in [2.05, 4.69) is 20.6 Å². The SMILES string of the molecule is COc1cc2ncnc(Nc3cccc(Cl)c3F)c2cc1OCCOCCCc1ccccc1Oc1cccc2c1C(=O)NC(=O)C2=O. The normalized spacial score (nSPS) is 12.4. The molecule has 4 aromatic carbocycles. The molecule has 1 aliphatic heterocycles. The first-order chi connectivity index (χ1) is 23.3. The molecule has 0 bridgehead atoms. The van der Waals surface area contributed by atoms with E-state index in [9.17, 15) is 18.8 Å². The molecule has 0 saturated carbocycles. The number of para-hydroxylation sites is 1. The number of hydrogen-bond donors (Lipinski definition) is 2. The van der Waals surface area contributed by atoms with Crippen molar-refractivity contribution in [3.05, 3.63) is 107 Å². The van der Waals surface area contributed by atoms with E-state index in [4.69, 9.17) is 30.5 Å². The number of amides is 2. The number of Topliss-reactive ketones (excluding diaryl/α,β-unsaturated/α-hetero) is 1. The van der Waals surface area contributed by atoms with Gasteiger partial charge in [-0.2, -0.15) is 0 Å². The van der Waals surface area contributed by atoms with E-state index in [0.29, 0.717) is 60.0 Å². The highest BCUT2D eigenvalue weighted by Crippen LogP contribution is 2.36. The van der Waals surface area contributed by atoms with Crippen LogP contribution in [0.5, 0.6) is 23.0 Å². The molecule has 0 saturated heterocycles. The highest BCUT2D eigenvalue weighted by atomic mass is 35.5. The molecule has 0 spiro atoms. The number of ether oxygens (including phenoxy) is 4. The highest BCUT2D eigenvalue weighted by molar-refractivity contribution is 6.49. The Morgan fingerprint density at radius 2 is 1.67 bits per heavy atom. The van der Waals surface area contributed by atoms with E-state index in [1.807, 2.05) is 12.1 Å². The molecule has 0 radical (unpaired) electrons. The quantitative estimate of drug-likeness (QED) is 0.0817. The summed E-state index contributed by atoms with van der Waals surface area (Å²) in [5, 5.41) is 5.61. The Morgan fingerprint density at radius 1 is 0.854 bits per heavy atom. The zero-order chi connectivity index (χ0) is 33.6. The molecular weight excluding hydrogens is 643 g/mol. The maximum atomic E-state index is 14.5. The molecule has 1 aliphatic rings. The average Bonchev–Trinajstić information content (AvgIpc) is 3.09. The number of hydrogen-bond acceptors (Lipinski definition) is 10. The second-order valence-corrected chi connectivity index (χ2v) is 10.9. The first-order valence-corrected chi connectivity index (χ1v) is 15.2. The van der Waals surface area contributed by atoms with Crippen LogP contribution in [-0.2, 0) is 16.0 Å². The molecule has 0 unspecified atom stereocenters. The third kappa shape index (κ3) is 6.89. The number of aryl methyl sites for hydroxylation is 1. The minimum Gasteiger partial charge on any atom is -0.493 e. The fraction of sp³-hybridized carbons (Fsp3) is 0.171. The topological polar surface area (TPSA) is 138 Å². The molecule has 244 valence electrons. The standard InChI is InChI=1S/C35H28ClFN4O7/c1-45-28-18-25-22(33(39-19-38-25)40-24-11-5-10-23(36)31(24)37)17-29(28)47-16-15-46-14-6-8-20-7-2-3-12-26(20)48-27-13-4-9-21-30(27)34(43)41-35(44)32(21)42/h2-5,7,9-13,17-19H,6,8,14-16H2,1H3,(H,38,39,40)(H,41,43,44). The predicted octanol–water partition coefficient (Wildman–Crippen LogP) is 6.45. The van der Waals surface area contributed by atoms with Crippen LogP contribution in [-0.4, -0.2) is 54.5 Å². The zero-order valence-electron chi connectivity index (χ0n) is 25.5. The molecule has 0 atom stereocenters. The lowest BCUT2D eigenvalue weighted by Gasteiger charge is -2.18. The van der Waals surface area contributed by atoms with Crippen LogP contribution in [0.2, 0.25) is 5.02 Å². The minimum atomic E-state index is -0.962. The number of carbonyl (C=O) groups excluding carboxylic acids is 3. The van der Waals surface area contributed by atoms with Crippen LogP contribution in [0.25, 0.3) is 10.9 Å². The van der Waals surface area contributed by atoms with E-state index >= 15 is 0 Å². The van der Waals surface area contributed by atoms with Gasteiger partial charge in [-0.05, 0) is 54.8 Å². The average molecular weight is 671 g/mol. The number of halogens is 2. The van der Waals surface area contributed by atoms with Crippen molar-refractivity contribution in [2.45, 2.75) is 12.8 Å². The fourth-order valence-electron chi connectivity index (χ4n) is 5.15. The number of benzene rings is 4. The second-order valence-electron chi connectivity index (χ2n) is 10.5. The molecule has 48 heavy (non-hydrogen) atoms. The Bertz CT molecular complexity index is 2040. The van der Waals surface area contributed by atoms with Crippen molar-refractivity contribution >= 4 is 51.6 Å². The van der Waals surface area contributed by atoms with Crippen molar-refractivity contribution in [2.24, 2.45) is 0 Å². The Labute approximate surface area is 279 Å². The molecule has 2 amide bonds. The molecule has 11 nitrogen and oxygen atoms in total. The van der Waals surface area contributed by atoms with Crippen LogP contribution in [0, 0.1) is 5.82 Å². The summed E-state index contributed by atoms with van der Waals surface area (Å²) in [5.74, 6) is -1.05. The number of fused-ring (bicyclic) bond motifs is 2. The van der Waals surface area contributed by atoms with Crippen molar-refractivity contribution in [3.63, 3.8) is 0 Å². The lowest BCUT2D eigenvalue weighted by atomic mass is 9.98. The summed E-state index contributed by atoms with van der Waals surface area (Å²) in [7, 11) is 1.52. The maximum absolute atomic E-state index is 14.5. The van der Waals surface area contributed by atoms with Gasteiger partial charge in [0.1, 0.15) is 30.3 Å². The molecule has 1 aromatic heterocycles. The number of nitrogens with zero attached hydrogens (tertiary/aromatic N) is 2. The monoisotopic (exact) mass is 670 g/mol. The third-order valence-electron chi connectivity index (χ3n) is 7.47. The number of anilines is 2. The van der Waals surface area contributed by atoms with Gasteiger partial charge in [-0.25, -0.2) is 14.4 Å². The summed E-state index contributed by atoms with van der Waals surface area (Å²) >= 11 is 5.94. The first-order valence-electron chi connectivity index (χ1n) is 14.9. The van der Waals surface area contributed by atoms with E-state index in [1.54, 1.807) is 48.5 Å². The highest BCUT2D eigenvalue weighted by Gasteiger charge is 2.33. The van der Waals surface area contributed by atoms with E-state index in [1.165, 1.54) is 25.6 Å². The predicted molar refractivity (Wildman–Crippen MR) is 175 cm³/mol. The van der Waals surface area contributed by atoms with Gasteiger partial charge in [-0.1, -0.05) is 41.9 Å². The molecule has 5 aromatic rings. The number of ketones is 1. The minimum absolute atomic E-state index is 0.00837. The molecular formula is C35H28ClFN4O7. The van der Waals surface area contributed by atoms with Crippen molar-refractivity contribution in [3.8, 4) is 23.0 Å².